The van der Waals surface area contributed by atoms with Crippen molar-refractivity contribution >= 4 is 57.2 Å². The van der Waals surface area contributed by atoms with Gasteiger partial charge < -0.3 is 53.2 Å². The van der Waals surface area contributed by atoms with Crippen LogP contribution in [-0.2, 0) is 47.5 Å². The van der Waals surface area contributed by atoms with Crippen molar-refractivity contribution in [3.05, 3.63) is 48.2 Å². The molecule has 1 aromatic carbocycles. The highest BCUT2D eigenvalue weighted by Crippen LogP contribution is 2.43. The Balaban J connectivity index is 1.63. The largest absolute Gasteiger partial charge is 0.448 e. The lowest BCUT2D eigenvalue weighted by Gasteiger charge is -2.51. The van der Waals surface area contributed by atoms with E-state index in [1.54, 1.807) is 41.0 Å². The third-order valence-corrected chi connectivity index (χ3v) is 16.6. The summed E-state index contributed by atoms with van der Waals surface area (Å²) in [4.78, 5) is 39.2. The number of para-hydroxylation sites is 1. The molecule has 0 bridgehead atoms. The molecule has 1 amide bonds. The number of ether oxygens (including phenoxy) is 8. The van der Waals surface area contributed by atoms with Crippen molar-refractivity contribution in [1.29, 1.82) is 0 Å². The van der Waals surface area contributed by atoms with Gasteiger partial charge in [0.1, 0.15) is 17.8 Å². The molecule has 1 aromatic heterocycles. The van der Waals surface area contributed by atoms with Crippen LogP contribution in [0.25, 0.3) is 17.0 Å². The number of pyridine rings is 1. The van der Waals surface area contributed by atoms with Crippen molar-refractivity contribution in [2.24, 2.45) is 28.7 Å². The van der Waals surface area contributed by atoms with E-state index in [-0.39, 0.29) is 37.1 Å². The Kier molecular flexibility index (Phi) is 19.8. The quantitative estimate of drug-likeness (QED) is 0.115. The Labute approximate surface area is 429 Å². The summed E-state index contributed by atoms with van der Waals surface area (Å²) in [6.45, 7) is 23.9. The van der Waals surface area contributed by atoms with E-state index in [0.29, 0.717) is 12.1 Å². The van der Waals surface area contributed by atoms with Gasteiger partial charge in [-0.05, 0) is 128 Å². The number of aliphatic hydroxyl groups is 3. The maximum absolute atomic E-state index is 14.8. The van der Waals surface area contributed by atoms with E-state index in [1.165, 1.54) is 14.0 Å². The summed E-state index contributed by atoms with van der Waals surface area (Å²) >= 11 is 1.92. The highest BCUT2D eigenvalue weighted by Gasteiger charge is 2.54. The van der Waals surface area contributed by atoms with Crippen LogP contribution in [0.4, 0.5) is 0 Å². The number of hydrogen-bond donors (Lipinski definition) is 3. The standard InChI is InChI=1S/C53H82IN3O13/c1-29-26-52(12,64-16)45(69-48-42(59)39(24-30(2)66-48)57(14)50(8,9)10)32(4)43(68-40-27-51(11,63-15)44(60)34(6)67-40)33(5)47(61)70-49(54)53(13,62)46(31(3)41(29)56-35(7)58)65-23-19-20-36-25-37-21-17-18-22-38(37)55-28-36/h17-22,25,28-34,39-40,42-46,48-49,59-60,62H,23-24,26-27H2,1-16H3/b20-19+,56-41?/t29-,30-,31+,32+,33-,34+,39+,40+,42-,43+,44+,45-,46-,48+,49+,51-,52-,53+/m1/s1. The zero-order valence-corrected chi connectivity index (χ0v) is 46.4. The summed E-state index contributed by atoms with van der Waals surface area (Å²) in [5, 5.41) is 37.0. The second-order valence-electron chi connectivity index (χ2n) is 21.7. The summed E-state index contributed by atoms with van der Waals surface area (Å²) in [7, 11) is 5.07. The lowest BCUT2D eigenvalue weighted by molar-refractivity contribution is -0.320. The summed E-state index contributed by atoms with van der Waals surface area (Å²) in [6, 6.07) is 9.50. The predicted octanol–water partition coefficient (Wildman–Crippen LogP) is 7.30. The highest BCUT2D eigenvalue weighted by atomic mass is 127. The minimum Gasteiger partial charge on any atom is -0.448 e. The predicted molar refractivity (Wildman–Crippen MR) is 276 cm³/mol. The Hall–Kier alpha value is -2.53. The van der Waals surface area contributed by atoms with Crippen molar-refractivity contribution in [2.45, 2.75) is 197 Å². The first kappa shape index (κ1) is 58.4. The normalized spacial score (nSPS) is 40.4. The van der Waals surface area contributed by atoms with Gasteiger partial charge in [-0.25, -0.2) is 4.99 Å². The van der Waals surface area contributed by atoms with Gasteiger partial charge in [-0.3, -0.25) is 19.5 Å². The number of likely N-dealkylation sites (N-methyl/N-ethyl adjacent to an activating group) is 1. The topological polar surface area (TPSA) is 197 Å². The molecule has 17 heteroatoms. The van der Waals surface area contributed by atoms with Gasteiger partial charge in [-0.15, -0.1) is 0 Å². The van der Waals surface area contributed by atoms with Gasteiger partial charge in [-0.1, -0.05) is 51.1 Å². The molecule has 394 valence electrons. The number of aliphatic hydroxyl groups excluding tert-OH is 2. The molecular formula is C53H82IN3O13. The third-order valence-electron chi connectivity index (χ3n) is 15.1. The first-order chi connectivity index (χ1) is 32.6. The van der Waals surface area contributed by atoms with Gasteiger partial charge in [0, 0.05) is 68.3 Å². The highest BCUT2D eigenvalue weighted by molar-refractivity contribution is 14.1. The van der Waals surface area contributed by atoms with Gasteiger partial charge >= 0.3 is 5.97 Å². The summed E-state index contributed by atoms with van der Waals surface area (Å²) in [5.74, 6) is -4.15. The SMILES string of the molecule is CO[C@]1(C)C[C@@H](C)C(=NC(C)=O)[C@H](C)[C@@H](OC/C=C/c2cnc3ccccc3c2)[C@](C)(O)[C@@H](I)OC(=O)[C@H](C)[C@@H](O[C@H]2C[C@@](C)(OC)[C@@H](O)[C@H](C)O2)[C@H](C)[C@H]1O[C@@H]1O[C@H](C)C[C@H](N(C)C(C)(C)C)[C@H]1O. The number of carbonyl (C=O) groups excluding carboxylic acids is 2. The smallest absolute Gasteiger partial charge is 0.312 e. The number of rotatable bonds is 11. The maximum Gasteiger partial charge on any atom is 0.312 e. The van der Waals surface area contributed by atoms with E-state index in [9.17, 15) is 24.9 Å². The number of benzene rings is 1. The van der Waals surface area contributed by atoms with E-state index in [1.807, 2.05) is 107 Å². The van der Waals surface area contributed by atoms with Crippen LogP contribution >= 0.6 is 22.6 Å². The van der Waals surface area contributed by atoms with E-state index < -0.39 is 106 Å². The second kappa shape index (κ2) is 23.8. The number of esters is 1. The molecule has 3 aliphatic heterocycles. The first-order valence-corrected chi connectivity index (χ1v) is 25.9. The molecule has 2 aromatic rings. The van der Waals surface area contributed by atoms with Crippen LogP contribution in [0, 0.1) is 23.7 Å². The third kappa shape index (κ3) is 13.4. The maximum atomic E-state index is 14.8. The van der Waals surface area contributed by atoms with Crippen LogP contribution < -0.4 is 0 Å². The van der Waals surface area contributed by atoms with Crippen molar-refractivity contribution < 1.29 is 62.8 Å². The van der Waals surface area contributed by atoms with Gasteiger partial charge in [0.2, 0.25) is 5.91 Å². The van der Waals surface area contributed by atoms with Gasteiger partial charge in [0.05, 0.1) is 59.8 Å². The number of fused-ring (bicyclic) bond motifs is 1. The minimum atomic E-state index is -1.85. The summed E-state index contributed by atoms with van der Waals surface area (Å²) in [6.07, 6.45) is -1.96. The fourth-order valence-corrected chi connectivity index (χ4v) is 11.2. The molecule has 3 saturated heterocycles. The van der Waals surface area contributed by atoms with Gasteiger partial charge in [-0.2, -0.15) is 0 Å². The summed E-state index contributed by atoms with van der Waals surface area (Å²) < 4.78 is 50.9. The van der Waals surface area contributed by atoms with Crippen LogP contribution in [0.2, 0.25) is 0 Å². The molecular weight excluding hydrogens is 1010 g/mol. The lowest BCUT2D eigenvalue weighted by Crippen LogP contribution is -2.62. The number of methoxy groups -OCH3 is 2. The van der Waals surface area contributed by atoms with Crippen molar-refractivity contribution in [3.63, 3.8) is 0 Å². The Morgan fingerprint density at radius 1 is 0.971 bits per heavy atom. The Morgan fingerprint density at radius 3 is 2.26 bits per heavy atom. The number of cyclic esters (lactones) is 1. The molecule has 0 saturated carbocycles. The first-order valence-electron chi connectivity index (χ1n) is 24.7. The molecule has 18 atom stereocenters. The van der Waals surface area contributed by atoms with E-state index >= 15 is 0 Å². The number of nitrogens with zero attached hydrogens (tertiary/aromatic N) is 3. The van der Waals surface area contributed by atoms with E-state index in [0.717, 1.165) is 16.5 Å². The molecule has 0 aliphatic carbocycles. The molecule has 4 heterocycles. The minimum absolute atomic E-state index is 0.0367. The van der Waals surface area contributed by atoms with Crippen LogP contribution in [0.1, 0.15) is 115 Å². The fraction of sp³-hybridized carbons (Fsp3) is 0.736. The number of carbonyl (C=O) groups is 2. The molecule has 16 nitrogen and oxygen atoms in total. The fourth-order valence-electron chi connectivity index (χ4n) is 10.6. The van der Waals surface area contributed by atoms with E-state index in [4.69, 9.17) is 37.9 Å². The molecule has 0 radical (unpaired) electrons. The number of hydrogen-bond acceptors (Lipinski definition) is 15. The zero-order chi connectivity index (χ0) is 52.3. The number of aliphatic imine (C=N–C) groups is 1. The van der Waals surface area contributed by atoms with Crippen LogP contribution in [0.3, 0.4) is 0 Å². The molecule has 0 spiro atoms. The Morgan fingerprint density at radius 2 is 1.63 bits per heavy atom. The molecule has 3 N–H and O–H groups in total. The van der Waals surface area contributed by atoms with Gasteiger partial charge in [0.25, 0.3) is 0 Å². The lowest BCUT2D eigenvalue weighted by atomic mass is 9.74. The van der Waals surface area contributed by atoms with Crippen molar-refractivity contribution in [3.8, 4) is 0 Å². The molecule has 0 unspecified atom stereocenters. The number of aromatic nitrogens is 1. The average Bonchev–Trinajstić information content (AvgIpc) is 3.29. The van der Waals surface area contributed by atoms with Crippen LogP contribution in [0.15, 0.2) is 47.6 Å². The molecule has 3 aliphatic rings. The van der Waals surface area contributed by atoms with Crippen LogP contribution in [-0.4, -0.2) is 158 Å². The Bertz CT molecular complexity index is 2140. The van der Waals surface area contributed by atoms with Crippen molar-refractivity contribution in [2.75, 3.05) is 27.9 Å². The zero-order valence-electron chi connectivity index (χ0n) is 44.3. The van der Waals surface area contributed by atoms with Gasteiger partial charge in [0.15, 0.2) is 16.7 Å². The number of halogens is 1. The molecule has 5 rings (SSSR count). The molecule has 3 fully saturated rings. The number of amides is 1. The second-order valence-corrected chi connectivity index (χ2v) is 22.8. The summed E-state index contributed by atoms with van der Waals surface area (Å²) in [5.41, 5.74) is -2.32. The molecule has 70 heavy (non-hydrogen) atoms. The van der Waals surface area contributed by atoms with Crippen LogP contribution in [0.5, 0.6) is 0 Å². The van der Waals surface area contributed by atoms with E-state index in [2.05, 4.69) is 35.6 Å². The number of alkyl halides is 1. The monoisotopic (exact) mass is 1100 g/mol. The average molecular weight is 1100 g/mol. The van der Waals surface area contributed by atoms with Crippen molar-refractivity contribution in [1.82, 2.24) is 9.88 Å².